The van der Waals surface area contributed by atoms with Crippen molar-refractivity contribution >= 4 is 0 Å². The van der Waals surface area contributed by atoms with Gasteiger partial charge < -0.3 is 138 Å². The highest BCUT2D eigenvalue weighted by Gasteiger charge is 2.60. The molecule has 0 radical (unpaired) electrons. The quantitative estimate of drug-likeness (QED) is 0.0725. The van der Waals surface area contributed by atoms with Crippen LogP contribution in [0.2, 0.25) is 0 Å². The van der Waals surface area contributed by atoms with E-state index in [0.29, 0.717) is 0 Å². The largest absolute Gasteiger partial charge is 0.394 e. The lowest BCUT2D eigenvalue weighted by atomic mass is 9.96. The normalized spacial score (nSPS) is 54.6. The Morgan fingerprint density at radius 2 is 0.781 bits per heavy atom. The Labute approximate surface area is 362 Å². The summed E-state index contributed by atoms with van der Waals surface area (Å²) in [4.78, 5) is 0. The first-order chi connectivity index (χ1) is 30.6. The van der Waals surface area contributed by atoms with Gasteiger partial charge in [-0.3, -0.25) is 0 Å². The molecule has 4 bridgehead atoms. The number of aliphatic hydroxyl groups excluding tert-OH is 15. The lowest BCUT2D eigenvalue weighted by molar-refractivity contribution is -0.379. The van der Waals surface area contributed by atoms with Crippen LogP contribution in [-0.4, -0.2) is 301 Å². The molecule has 0 spiro atoms. The van der Waals surface area contributed by atoms with E-state index in [9.17, 15) is 76.6 Å². The molecule has 64 heavy (non-hydrogen) atoms. The second kappa shape index (κ2) is 20.5. The van der Waals surface area contributed by atoms with E-state index < -0.39 is 204 Å². The zero-order chi connectivity index (χ0) is 45.9. The third-order valence-corrected chi connectivity index (χ3v) is 12.8. The van der Waals surface area contributed by atoms with Crippen molar-refractivity contribution in [2.24, 2.45) is 0 Å². The van der Waals surface area contributed by atoms with Gasteiger partial charge in [0.05, 0.1) is 46.2 Å². The van der Waals surface area contributed by atoms with Crippen molar-refractivity contribution in [1.29, 1.82) is 0 Å². The molecule has 8 saturated heterocycles. The molecule has 8 aliphatic heterocycles. The van der Waals surface area contributed by atoms with E-state index >= 15 is 0 Å². The number of aliphatic hydroxyl groups is 15. The number of fused-ring (bicyclic) bond motifs is 4. The monoisotopic (exact) mass is 938 g/mol. The molecule has 0 aromatic rings. The highest BCUT2D eigenvalue weighted by atomic mass is 16.8. The second-order valence-corrected chi connectivity index (χ2v) is 16.9. The Hall–Kier alpha value is -1.12. The van der Waals surface area contributed by atoms with Gasteiger partial charge in [0, 0.05) is 0 Å². The van der Waals surface area contributed by atoms with Gasteiger partial charge in [-0.25, -0.2) is 0 Å². The minimum Gasteiger partial charge on any atom is -0.394 e. The molecule has 370 valence electrons. The Kier molecular flexibility index (Phi) is 15.8. The van der Waals surface area contributed by atoms with Crippen molar-refractivity contribution in [1.82, 2.24) is 0 Å². The number of hydrogen-bond acceptors (Lipinski definition) is 28. The van der Waals surface area contributed by atoms with Crippen LogP contribution in [0.15, 0.2) is 0 Å². The van der Waals surface area contributed by atoms with E-state index in [-0.39, 0.29) is 19.8 Å². The van der Waals surface area contributed by atoms with Crippen molar-refractivity contribution in [3.8, 4) is 0 Å². The summed E-state index contributed by atoms with van der Waals surface area (Å²) in [5.41, 5.74) is 0. The highest BCUT2D eigenvalue weighted by molar-refractivity contribution is 5.03. The van der Waals surface area contributed by atoms with Crippen LogP contribution in [0.4, 0.5) is 0 Å². The summed E-state index contributed by atoms with van der Waals surface area (Å²) < 4.78 is 74.5. The first kappa shape index (κ1) is 49.3. The first-order valence-corrected chi connectivity index (χ1v) is 20.9. The first-order valence-electron chi connectivity index (χ1n) is 20.9. The van der Waals surface area contributed by atoms with Gasteiger partial charge >= 0.3 is 0 Å². The molecule has 15 N–H and O–H groups in total. The van der Waals surface area contributed by atoms with Crippen LogP contribution in [0.25, 0.3) is 0 Å². The van der Waals surface area contributed by atoms with Gasteiger partial charge in [-0.15, -0.1) is 0 Å². The maximum atomic E-state index is 11.5. The van der Waals surface area contributed by atoms with Crippen molar-refractivity contribution in [2.75, 3.05) is 46.2 Å². The van der Waals surface area contributed by atoms with Gasteiger partial charge in [0.25, 0.3) is 0 Å². The molecule has 0 unspecified atom stereocenters. The lowest BCUT2D eigenvalue weighted by Crippen LogP contribution is -2.66. The molecule has 0 aliphatic carbocycles. The van der Waals surface area contributed by atoms with Gasteiger partial charge in [-0.05, 0) is 0 Å². The van der Waals surface area contributed by atoms with E-state index in [4.69, 9.17) is 61.6 Å². The molecule has 0 saturated carbocycles. The predicted molar refractivity (Wildman–Crippen MR) is 191 cm³/mol. The maximum Gasteiger partial charge on any atom is 0.187 e. The van der Waals surface area contributed by atoms with Crippen molar-refractivity contribution in [3.05, 3.63) is 0 Å². The van der Waals surface area contributed by atoms with Crippen LogP contribution in [0.5, 0.6) is 0 Å². The van der Waals surface area contributed by atoms with E-state index in [1.807, 2.05) is 0 Å². The molecular weight excluding hydrogens is 880 g/mol. The van der Waals surface area contributed by atoms with Crippen LogP contribution >= 0.6 is 0 Å². The minimum absolute atomic E-state index is 0.176. The molecule has 8 aliphatic rings. The fourth-order valence-electron chi connectivity index (χ4n) is 9.23. The van der Waals surface area contributed by atoms with E-state index in [1.165, 1.54) is 0 Å². The summed E-state index contributed by atoms with van der Waals surface area (Å²) in [6.07, 6.45) is -44.1. The second-order valence-electron chi connectivity index (χ2n) is 16.9. The zero-order valence-electron chi connectivity index (χ0n) is 33.7. The molecule has 8 heterocycles. The topological polar surface area (TPSA) is 423 Å². The molecule has 29 atom stereocenters. The lowest BCUT2D eigenvalue weighted by Gasteiger charge is -2.48. The average molecular weight is 939 g/mol. The Morgan fingerprint density at radius 1 is 0.391 bits per heavy atom. The minimum atomic E-state index is -1.89. The molecule has 0 amide bonds. The Bertz CT molecular complexity index is 1500. The maximum absolute atomic E-state index is 11.5. The van der Waals surface area contributed by atoms with Crippen LogP contribution in [0.1, 0.15) is 0 Å². The molecule has 8 fully saturated rings. The summed E-state index contributed by atoms with van der Waals surface area (Å²) in [6.45, 7) is -3.79. The fourth-order valence-corrected chi connectivity index (χ4v) is 9.23. The third kappa shape index (κ3) is 9.22. The van der Waals surface area contributed by atoms with Gasteiger partial charge in [0.1, 0.15) is 146 Å². The van der Waals surface area contributed by atoms with Crippen LogP contribution in [-0.2, 0) is 61.6 Å². The van der Waals surface area contributed by atoms with E-state index in [0.717, 1.165) is 0 Å². The summed E-state index contributed by atoms with van der Waals surface area (Å²) in [6, 6.07) is 0. The molecule has 28 heteroatoms. The van der Waals surface area contributed by atoms with E-state index in [2.05, 4.69) is 0 Å². The predicted octanol–water partition coefficient (Wildman–Crippen LogP) is -11.3. The third-order valence-electron chi connectivity index (χ3n) is 12.8. The van der Waals surface area contributed by atoms with Crippen molar-refractivity contribution < 1.29 is 138 Å². The zero-order valence-corrected chi connectivity index (χ0v) is 33.7. The summed E-state index contributed by atoms with van der Waals surface area (Å²) in [7, 11) is 0. The molecule has 8 rings (SSSR count). The molecule has 0 aromatic carbocycles. The highest BCUT2D eigenvalue weighted by Crippen LogP contribution is 2.40. The van der Waals surface area contributed by atoms with Gasteiger partial charge in [0.2, 0.25) is 0 Å². The van der Waals surface area contributed by atoms with Crippen LogP contribution in [0, 0.1) is 0 Å². The number of ether oxygens (including phenoxy) is 13. The average Bonchev–Trinajstić information content (AvgIpc) is 3.92. The number of hydrogen-bond donors (Lipinski definition) is 15. The SMILES string of the molecule is OC[C@@H](O)[C@H]1OC[C@H](O)[C@@H]1O[C@@H]1O[C@H](CO)[C@H](O)[C@H](O[C@@H]2O[C@H]3CO[C@@H]([C@H]2O)[C@@H]3O[C@@H]2O[C@H](CO)[C@H](O)[C@H](O[C@@H]3O[C@H]4CO[C@@H]([C@H]3O)[C@@H]4O[C@@H]3O[C@H](CO)[C@H](O)[C@H](O)[C@H]3O)[C@H]2O)[C@H]1O. The van der Waals surface area contributed by atoms with Crippen LogP contribution < -0.4 is 0 Å². The van der Waals surface area contributed by atoms with Crippen molar-refractivity contribution in [3.63, 3.8) is 0 Å². The Balaban J connectivity index is 0.900. The molecule has 0 aromatic heterocycles. The molecule has 28 nitrogen and oxygen atoms in total. The van der Waals surface area contributed by atoms with Gasteiger partial charge in [-0.2, -0.15) is 0 Å². The summed E-state index contributed by atoms with van der Waals surface area (Å²) in [5, 5.41) is 158. The molecular formula is C36H58O28. The summed E-state index contributed by atoms with van der Waals surface area (Å²) >= 11 is 0. The van der Waals surface area contributed by atoms with Gasteiger partial charge in [0.15, 0.2) is 31.5 Å². The van der Waals surface area contributed by atoms with Crippen LogP contribution in [0.3, 0.4) is 0 Å². The smallest absolute Gasteiger partial charge is 0.187 e. The summed E-state index contributed by atoms with van der Waals surface area (Å²) in [5.74, 6) is 0. The van der Waals surface area contributed by atoms with Crippen molar-refractivity contribution in [2.45, 2.75) is 178 Å². The van der Waals surface area contributed by atoms with E-state index in [1.54, 1.807) is 0 Å². The number of rotatable bonds is 15. The fraction of sp³-hybridized carbons (Fsp3) is 1.00. The Morgan fingerprint density at radius 3 is 1.22 bits per heavy atom. The van der Waals surface area contributed by atoms with Gasteiger partial charge in [-0.1, -0.05) is 0 Å². The standard InChI is InChI=1S/C36H58O28/c37-1-8(41)24-25(9(42)5-52-24)60-33-20(48)28(16(44)11(3-39)56-33)63-36-23(51)31-27(14(59-36)7-54-31)62-34-21(49)29(17(45)12(4-40)57-34)64-35-22(50)30-26(13(58-35)6-53-30)61-32-19(47)18(46)15(43)10(2-38)55-32/h8-51H,1-7H2/t8-,9+,10-,11-,12-,13+,14+,15+,16+,17+,18+,19-,20-,21-,22-,23-,24-,25+,26-,27-,28+,29+,30+,31+,32+,33+,34+,35+,36+/m1/s1.